The van der Waals surface area contributed by atoms with Gasteiger partial charge < -0.3 is 13.7 Å². The summed E-state index contributed by atoms with van der Waals surface area (Å²) >= 11 is 0. The van der Waals surface area contributed by atoms with E-state index in [-0.39, 0.29) is 0 Å². The van der Waals surface area contributed by atoms with Crippen LogP contribution in [0.5, 0.6) is 0 Å². The monoisotopic (exact) mass is 511 g/mol. The zero-order valence-electron chi connectivity index (χ0n) is 22.0. The fourth-order valence-electron chi connectivity index (χ4n) is 6.87. The van der Waals surface area contributed by atoms with E-state index in [9.17, 15) is 0 Å². The summed E-state index contributed by atoms with van der Waals surface area (Å²) in [6.07, 6.45) is 0. The quantitative estimate of drug-likeness (QED) is 0.219. The topological polar surface area (TPSA) is 14.8 Å². The van der Waals surface area contributed by atoms with Crippen LogP contribution in [0.4, 0.5) is 0 Å². The van der Waals surface area contributed by atoms with Crippen LogP contribution in [0.1, 0.15) is 0 Å². The predicted octanol–water partition coefficient (Wildman–Crippen LogP) is 9.53. The van der Waals surface area contributed by atoms with Crippen molar-refractivity contribution in [3.8, 4) is 11.4 Å². The van der Waals surface area contributed by atoms with Gasteiger partial charge in [-0.25, -0.2) is 0 Å². The average Bonchev–Trinajstić information content (AvgIpc) is 3.63. The highest BCUT2D eigenvalue weighted by atomic mass is 15.0. The summed E-state index contributed by atoms with van der Waals surface area (Å²) in [7, 11) is 2.17. The van der Waals surface area contributed by atoms with Crippen molar-refractivity contribution < 1.29 is 0 Å². The number of rotatable bonds is 2. The molecule has 3 heterocycles. The van der Waals surface area contributed by atoms with Crippen molar-refractivity contribution >= 4 is 65.4 Å². The SMILES string of the molecule is Cn1c2ccc(-n3c4ccccc4c4ccccc43)cc2c2cc(-n3c4ccccc4c4ccccc43)ccc21. The molecule has 0 radical (unpaired) electrons. The van der Waals surface area contributed by atoms with Crippen LogP contribution in [0.2, 0.25) is 0 Å². The lowest BCUT2D eigenvalue weighted by Crippen LogP contribution is -1.94. The van der Waals surface area contributed by atoms with Crippen LogP contribution in [0.3, 0.4) is 0 Å². The predicted molar refractivity (Wildman–Crippen MR) is 169 cm³/mol. The summed E-state index contributed by atoms with van der Waals surface area (Å²) < 4.78 is 7.12. The molecule has 0 N–H and O–H groups in total. The number of hydrogen-bond donors (Lipinski definition) is 0. The number of fused-ring (bicyclic) bond motifs is 9. The highest BCUT2D eigenvalue weighted by Gasteiger charge is 2.16. The van der Waals surface area contributed by atoms with Crippen molar-refractivity contribution in [3.05, 3.63) is 133 Å². The zero-order valence-corrected chi connectivity index (χ0v) is 22.0. The minimum Gasteiger partial charge on any atom is -0.344 e. The minimum atomic E-state index is 1.18. The number of nitrogens with zero attached hydrogens (tertiary/aromatic N) is 3. The van der Waals surface area contributed by atoms with Crippen LogP contribution in [0, 0.1) is 0 Å². The number of aromatic nitrogens is 3. The Morgan fingerprint density at radius 1 is 0.325 bits per heavy atom. The Labute approximate surface area is 230 Å². The van der Waals surface area contributed by atoms with Gasteiger partial charge in [0.25, 0.3) is 0 Å². The Bertz CT molecular complexity index is 2170. The Morgan fingerprint density at radius 2 is 0.650 bits per heavy atom. The van der Waals surface area contributed by atoms with Gasteiger partial charge in [-0.15, -0.1) is 0 Å². The second-order valence-corrected chi connectivity index (χ2v) is 10.7. The van der Waals surface area contributed by atoms with E-state index in [1.165, 1.54) is 76.8 Å². The first-order valence-electron chi connectivity index (χ1n) is 13.8. The maximum atomic E-state index is 2.40. The van der Waals surface area contributed by atoms with Crippen molar-refractivity contribution in [1.82, 2.24) is 13.7 Å². The van der Waals surface area contributed by atoms with Gasteiger partial charge in [0.1, 0.15) is 0 Å². The van der Waals surface area contributed by atoms with Gasteiger partial charge in [-0.1, -0.05) is 72.8 Å². The zero-order chi connectivity index (χ0) is 26.4. The minimum absolute atomic E-state index is 1.18. The standard InChI is InChI=1S/C37H25N3/c1-38-32-20-18-24(39-34-14-6-2-10-26(34)27-11-3-7-15-35(27)39)22-30(32)31-23-25(19-21-33(31)38)40-36-16-8-4-12-28(36)29-13-5-9-17-37(29)40/h2-23H,1H3. The van der Waals surface area contributed by atoms with E-state index in [0.29, 0.717) is 0 Å². The molecule has 0 saturated heterocycles. The van der Waals surface area contributed by atoms with Crippen LogP contribution in [-0.2, 0) is 7.05 Å². The van der Waals surface area contributed by atoms with Gasteiger partial charge in [0.2, 0.25) is 0 Å². The third-order valence-electron chi connectivity index (χ3n) is 8.65. The molecule has 0 aliphatic heterocycles. The molecule has 40 heavy (non-hydrogen) atoms. The molecule has 9 rings (SSSR count). The molecule has 0 atom stereocenters. The molecule has 0 aliphatic rings. The maximum absolute atomic E-state index is 2.40. The van der Waals surface area contributed by atoms with Crippen molar-refractivity contribution in [2.75, 3.05) is 0 Å². The van der Waals surface area contributed by atoms with Crippen LogP contribution in [0.15, 0.2) is 133 Å². The summed E-state index contributed by atoms with van der Waals surface area (Å²) in [4.78, 5) is 0. The third-order valence-corrected chi connectivity index (χ3v) is 8.65. The fraction of sp³-hybridized carbons (Fsp3) is 0.0270. The molecule has 0 spiro atoms. The molecule has 188 valence electrons. The first kappa shape index (κ1) is 21.6. The van der Waals surface area contributed by atoms with Crippen molar-refractivity contribution in [1.29, 1.82) is 0 Å². The molecule has 3 nitrogen and oxygen atoms in total. The van der Waals surface area contributed by atoms with Crippen LogP contribution in [-0.4, -0.2) is 13.7 Å². The van der Waals surface area contributed by atoms with Gasteiger partial charge in [-0.3, -0.25) is 0 Å². The summed E-state index contributed by atoms with van der Waals surface area (Å²) in [5, 5.41) is 7.66. The maximum Gasteiger partial charge on any atom is 0.0541 e. The molecule has 0 amide bonds. The number of benzene rings is 6. The van der Waals surface area contributed by atoms with Crippen molar-refractivity contribution in [2.24, 2.45) is 7.05 Å². The van der Waals surface area contributed by atoms with Crippen LogP contribution >= 0.6 is 0 Å². The Balaban J connectivity index is 1.34. The summed E-state index contributed by atoms with van der Waals surface area (Å²) in [5.74, 6) is 0. The Hall–Kier alpha value is -5.28. The molecule has 3 heteroatoms. The molecule has 0 aliphatic carbocycles. The molecule has 6 aromatic carbocycles. The van der Waals surface area contributed by atoms with E-state index in [1.54, 1.807) is 0 Å². The molecular weight excluding hydrogens is 486 g/mol. The van der Waals surface area contributed by atoms with Gasteiger partial charge >= 0.3 is 0 Å². The van der Waals surface area contributed by atoms with Gasteiger partial charge in [0, 0.05) is 61.8 Å². The summed E-state index contributed by atoms with van der Waals surface area (Å²) in [6.45, 7) is 0. The molecule has 0 bridgehead atoms. The summed E-state index contributed by atoms with van der Waals surface area (Å²) in [6, 6.07) is 48.6. The van der Waals surface area contributed by atoms with E-state index in [4.69, 9.17) is 0 Å². The number of para-hydroxylation sites is 4. The van der Waals surface area contributed by atoms with E-state index in [1.807, 2.05) is 0 Å². The second-order valence-electron chi connectivity index (χ2n) is 10.7. The highest BCUT2D eigenvalue weighted by Crippen LogP contribution is 2.37. The first-order valence-corrected chi connectivity index (χ1v) is 13.8. The highest BCUT2D eigenvalue weighted by molar-refractivity contribution is 6.13. The smallest absolute Gasteiger partial charge is 0.0541 e. The van der Waals surface area contributed by atoms with Gasteiger partial charge in [0.15, 0.2) is 0 Å². The van der Waals surface area contributed by atoms with Crippen molar-refractivity contribution in [3.63, 3.8) is 0 Å². The lowest BCUT2D eigenvalue weighted by Gasteiger charge is -2.09. The van der Waals surface area contributed by atoms with Gasteiger partial charge in [0.05, 0.1) is 22.1 Å². The largest absolute Gasteiger partial charge is 0.344 e. The van der Waals surface area contributed by atoms with Gasteiger partial charge in [-0.2, -0.15) is 0 Å². The first-order chi connectivity index (χ1) is 19.8. The number of hydrogen-bond acceptors (Lipinski definition) is 0. The van der Waals surface area contributed by atoms with Crippen LogP contribution < -0.4 is 0 Å². The molecule has 9 aromatic rings. The molecule has 0 saturated carbocycles. The average molecular weight is 512 g/mol. The third kappa shape index (κ3) is 2.79. The lowest BCUT2D eigenvalue weighted by molar-refractivity contribution is 1.01. The lowest BCUT2D eigenvalue weighted by atomic mass is 10.1. The van der Waals surface area contributed by atoms with Crippen LogP contribution in [0.25, 0.3) is 76.8 Å². The molecule has 0 unspecified atom stereocenters. The van der Waals surface area contributed by atoms with Gasteiger partial charge in [-0.05, 0) is 60.7 Å². The van der Waals surface area contributed by atoms with Crippen molar-refractivity contribution in [2.45, 2.75) is 0 Å². The van der Waals surface area contributed by atoms with E-state index in [0.717, 1.165) is 0 Å². The number of aryl methyl sites for hydroxylation is 1. The molecule has 3 aromatic heterocycles. The molecule has 0 fully saturated rings. The summed E-state index contributed by atoms with van der Waals surface area (Å²) in [5.41, 5.74) is 9.75. The van der Waals surface area contributed by atoms with E-state index < -0.39 is 0 Å². The fourth-order valence-corrected chi connectivity index (χ4v) is 6.87. The Morgan fingerprint density at radius 3 is 1.00 bits per heavy atom. The normalized spacial score (nSPS) is 12.1. The van der Waals surface area contributed by atoms with E-state index >= 15 is 0 Å². The van der Waals surface area contributed by atoms with E-state index in [2.05, 4.69) is 154 Å². The Kier molecular flexibility index (Phi) is 4.26. The molecular formula is C37H25N3. The second kappa shape index (κ2) is 7.87.